The number of anilines is 1. The smallest absolute Gasteiger partial charge is 0.196 e. The predicted molar refractivity (Wildman–Crippen MR) is 92.0 cm³/mol. The third kappa shape index (κ3) is 2.28. The summed E-state index contributed by atoms with van der Waals surface area (Å²) in [4.78, 5) is 2.00. The number of rotatable bonds is 1. The van der Waals surface area contributed by atoms with Crippen LogP contribution >= 0.6 is 15.9 Å². The molecular weight excluding hydrogens is 326 g/mol. The van der Waals surface area contributed by atoms with E-state index in [0.29, 0.717) is 18.4 Å². The zero-order valence-electron chi connectivity index (χ0n) is 11.8. The van der Waals surface area contributed by atoms with Gasteiger partial charge >= 0.3 is 0 Å². The molecule has 0 aromatic heterocycles. The summed E-state index contributed by atoms with van der Waals surface area (Å²) >= 11 is 3.61. The van der Waals surface area contributed by atoms with Gasteiger partial charge in [0.1, 0.15) is 0 Å². The van der Waals surface area contributed by atoms with Gasteiger partial charge in [-0.25, -0.2) is 0 Å². The van der Waals surface area contributed by atoms with Crippen LogP contribution in [0.4, 0.5) is 5.69 Å². The summed E-state index contributed by atoms with van der Waals surface area (Å²) in [5, 5.41) is 13.6. The van der Waals surface area contributed by atoms with E-state index in [-0.39, 0.29) is 0 Å². The first-order valence-electron chi connectivity index (χ1n) is 6.88. The van der Waals surface area contributed by atoms with Gasteiger partial charge in [-0.3, -0.25) is 5.41 Å². The molecular formula is C17H16BrN3. The molecule has 1 aliphatic heterocycles. The van der Waals surface area contributed by atoms with E-state index in [9.17, 15) is 0 Å². The molecule has 3 nitrogen and oxygen atoms in total. The van der Waals surface area contributed by atoms with Crippen molar-refractivity contribution in [3.8, 4) is 12.3 Å². The van der Waals surface area contributed by atoms with Gasteiger partial charge in [-0.1, -0.05) is 47.0 Å². The molecule has 0 fully saturated rings. The molecule has 0 spiro atoms. The highest BCUT2D eigenvalue weighted by Gasteiger charge is 2.29. The fourth-order valence-electron chi connectivity index (χ4n) is 2.99. The number of terminal acetylenes is 1. The summed E-state index contributed by atoms with van der Waals surface area (Å²) in [6.07, 6.45) is 5.26. The molecule has 1 unspecified atom stereocenters. The Bertz CT molecular complexity index is 760. The second kappa shape index (κ2) is 5.42. The second-order valence-corrected chi connectivity index (χ2v) is 6.11. The van der Waals surface area contributed by atoms with Crippen molar-refractivity contribution in [1.82, 2.24) is 5.32 Å². The summed E-state index contributed by atoms with van der Waals surface area (Å²) in [5.41, 5.74) is 2.41. The van der Waals surface area contributed by atoms with E-state index in [4.69, 9.17) is 11.8 Å². The fraction of sp³-hybridized carbons (Fsp3) is 0.235. The number of nitrogens with one attached hydrogen (secondary N) is 2. The van der Waals surface area contributed by atoms with Gasteiger partial charge in [0.25, 0.3) is 0 Å². The maximum Gasteiger partial charge on any atom is 0.196 e. The van der Waals surface area contributed by atoms with Crippen LogP contribution in [-0.4, -0.2) is 19.0 Å². The normalized spacial score (nSPS) is 16.6. The lowest BCUT2D eigenvalue weighted by molar-refractivity contribution is 0.811. The molecule has 0 radical (unpaired) electrons. The van der Waals surface area contributed by atoms with E-state index >= 15 is 0 Å². The molecule has 1 aliphatic rings. The molecule has 2 N–H and O–H groups in total. The first-order valence-corrected chi connectivity index (χ1v) is 7.67. The summed E-state index contributed by atoms with van der Waals surface area (Å²) in [5.74, 6) is 3.26. The van der Waals surface area contributed by atoms with E-state index in [1.807, 2.05) is 4.90 Å². The maximum absolute atomic E-state index is 8.17. The lowest BCUT2D eigenvalue weighted by atomic mass is 9.96. The van der Waals surface area contributed by atoms with Gasteiger partial charge in [0.15, 0.2) is 5.96 Å². The molecule has 1 heterocycles. The standard InChI is InChI=1S/C17H16BrN3/c1-3-9-20-17(19)21-10-11(2)16-13-5-4-6-14(18)12(13)7-8-15(16)21/h1,4-8,11H,9-10H2,2H3,(H2,19,20). The molecule has 2 aromatic carbocycles. The Morgan fingerprint density at radius 1 is 1.43 bits per heavy atom. The lowest BCUT2D eigenvalue weighted by Gasteiger charge is -2.20. The topological polar surface area (TPSA) is 39.1 Å². The van der Waals surface area contributed by atoms with Gasteiger partial charge in [-0.2, -0.15) is 0 Å². The van der Waals surface area contributed by atoms with Crippen LogP contribution in [0.15, 0.2) is 34.8 Å². The Hall–Kier alpha value is -1.99. The van der Waals surface area contributed by atoms with Crippen LogP contribution in [0.25, 0.3) is 10.8 Å². The summed E-state index contributed by atoms with van der Waals surface area (Å²) < 4.78 is 1.11. The van der Waals surface area contributed by atoms with Crippen molar-refractivity contribution >= 4 is 38.3 Å². The van der Waals surface area contributed by atoms with Crippen LogP contribution in [0, 0.1) is 17.8 Å². The highest BCUT2D eigenvalue weighted by molar-refractivity contribution is 9.10. The minimum absolute atomic E-state index is 0.368. The molecule has 0 bridgehead atoms. The Morgan fingerprint density at radius 3 is 3.00 bits per heavy atom. The zero-order valence-corrected chi connectivity index (χ0v) is 13.4. The molecule has 0 saturated heterocycles. The molecule has 0 aliphatic carbocycles. The van der Waals surface area contributed by atoms with Crippen molar-refractivity contribution in [2.75, 3.05) is 18.0 Å². The molecule has 0 amide bonds. The van der Waals surface area contributed by atoms with Crippen molar-refractivity contribution in [3.05, 3.63) is 40.4 Å². The predicted octanol–water partition coefficient (Wildman–Crippen LogP) is 3.68. The highest BCUT2D eigenvalue weighted by atomic mass is 79.9. The SMILES string of the molecule is C#CCNC(=N)N1CC(C)c2c1ccc1c(Br)cccc21. The molecule has 0 saturated carbocycles. The van der Waals surface area contributed by atoms with Gasteiger partial charge < -0.3 is 10.2 Å². The third-order valence-electron chi connectivity index (χ3n) is 3.89. The van der Waals surface area contributed by atoms with Gasteiger partial charge in [0.2, 0.25) is 0 Å². The van der Waals surface area contributed by atoms with Crippen LogP contribution in [0.1, 0.15) is 18.4 Å². The summed E-state index contributed by atoms with van der Waals surface area (Å²) in [7, 11) is 0. The highest BCUT2D eigenvalue weighted by Crippen LogP contribution is 2.42. The minimum atomic E-state index is 0.368. The molecule has 2 aromatic rings. The van der Waals surface area contributed by atoms with Crippen LogP contribution in [0.2, 0.25) is 0 Å². The molecule has 3 rings (SSSR count). The van der Waals surface area contributed by atoms with E-state index in [1.54, 1.807) is 0 Å². The lowest BCUT2D eigenvalue weighted by Crippen LogP contribution is -2.40. The summed E-state index contributed by atoms with van der Waals surface area (Å²) in [6, 6.07) is 10.5. The van der Waals surface area contributed by atoms with Gasteiger partial charge in [0.05, 0.1) is 6.54 Å². The third-order valence-corrected chi connectivity index (χ3v) is 4.59. The number of nitrogens with zero attached hydrogens (tertiary/aromatic N) is 1. The number of hydrogen-bond acceptors (Lipinski definition) is 1. The molecule has 1 atom stereocenters. The van der Waals surface area contributed by atoms with Crippen LogP contribution in [0.3, 0.4) is 0 Å². The van der Waals surface area contributed by atoms with Crippen LogP contribution in [-0.2, 0) is 0 Å². The largest absolute Gasteiger partial charge is 0.345 e. The minimum Gasteiger partial charge on any atom is -0.345 e. The van der Waals surface area contributed by atoms with E-state index < -0.39 is 0 Å². The monoisotopic (exact) mass is 341 g/mol. The molecule has 21 heavy (non-hydrogen) atoms. The quantitative estimate of drug-likeness (QED) is 0.471. The van der Waals surface area contributed by atoms with Gasteiger partial charge in [-0.15, -0.1) is 6.42 Å². The van der Waals surface area contributed by atoms with E-state index in [2.05, 4.69) is 64.4 Å². The molecule has 106 valence electrons. The van der Waals surface area contributed by atoms with Crippen molar-refractivity contribution in [3.63, 3.8) is 0 Å². The first-order chi connectivity index (χ1) is 10.1. The number of fused-ring (bicyclic) bond motifs is 3. The average molecular weight is 342 g/mol. The summed E-state index contributed by atoms with van der Waals surface area (Å²) in [6.45, 7) is 3.38. The maximum atomic E-state index is 8.17. The van der Waals surface area contributed by atoms with Crippen LogP contribution in [0.5, 0.6) is 0 Å². The first kappa shape index (κ1) is 14.0. The number of halogens is 1. The van der Waals surface area contributed by atoms with Crippen LogP contribution < -0.4 is 10.2 Å². The van der Waals surface area contributed by atoms with E-state index in [0.717, 1.165) is 16.7 Å². The number of guanidine groups is 1. The zero-order chi connectivity index (χ0) is 15.0. The Morgan fingerprint density at radius 2 is 2.24 bits per heavy atom. The Balaban J connectivity index is 2.09. The number of benzene rings is 2. The van der Waals surface area contributed by atoms with Crippen molar-refractivity contribution in [1.29, 1.82) is 5.41 Å². The number of hydrogen-bond donors (Lipinski definition) is 2. The van der Waals surface area contributed by atoms with Crippen molar-refractivity contribution < 1.29 is 0 Å². The fourth-order valence-corrected chi connectivity index (χ4v) is 3.49. The second-order valence-electron chi connectivity index (χ2n) is 5.25. The Kier molecular flexibility index (Phi) is 3.60. The van der Waals surface area contributed by atoms with Crippen molar-refractivity contribution in [2.45, 2.75) is 12.8 Å². The van der Waals surface area contributed by atoms with Gasteiger partial charge in [0, 0.05) is 22.6 Å². The van der Waals surface area contributed by atoms with Gasteiger partial charge in [-0.05, 0) is 28.5 Å². The average Bonchev–Trinajstić information content (AvgIpc) is 2.83. The van der Waals surface area contributed by atoms with E-state index in [1.165, 1.54) is 16.3 Å². The molecule has 4 heteroatoms. The Labute approximate surface area is 133 Å². The van der Waals surface area contributed by atoms with Crippen molar-refractivity contribution in [2.24, 2.45) is 0 Å².